The van der Waals surface area contributed by atoms with Gasteiger partial charge in [-0.05, 0) is 24.6 Å². The first-order valence-corrected chi connectivity index (χ1v) is 8.63. The normalized spacial score (nSPS) is 12.1. The monoisotopic (exact) mass is 361 g/mol. The highest BCUT2D eigenvalue weighted by molar-refractivity contribution is 5.76. The molecule has 2 aromatic heterocycles. The maximum absolute atomic E-state index is 12.5. The van der Waals surface area contributed by atoms with Crippen molar-refractivity contribution in [2.75, 3.05) is 7.11 Å². The number of nitrogens with zero attached hydrogens (tertiary/aromatic N) is 2. The van der Waals surface area contributed by atoms with Gasteiger partial charge in [-0.25, -0.2) is 9.50 Å². The number of benzene rings is 2. The van der Waals surface area contributed by atoms with E-state index in [9.17, 15) is 4.79 Å². The topological polar surface area (TPSA) is 68.6 Å². The summed E-state index contributed by atoms with van der Waals surface area (Å²) in [5, 5.41) is 2.97. The van der Waals surface area contributed by atoms with Gasteiger partial charge in [-0.15, -0.1) is 0 Å². The summed E-state index contributed by atoms with van der Waals surface area (Å²) in [4.78, 5) is 17.2. The lowest BCUT2D eigenvalue weighted by molar-refractivity contribution is 0.211. The summed E-state index contributed by atoms with van der Waals surface area (Å²) in [6, 6.07) is 18.7. The molecule has 0 aliphatic rings. The van der Waals surface area contributed by atoms with Gasteiger partial charge in [0.25, 0.3) is 5.56 Å². The fraction of sp³-hybridized carbons (Fsp3) is 0.143. The van der Waals surface area contributed by atoms with Crippen LogP contribution in [0.4, 0.5) is 0 Å². The molecular formula is C21H19N3O3. The molecule has 27 heavy (non-hydrogen) atoms. The number of fused-ring (bicyclic) bond motifs is 1. The number of rotatable bonds is 5. The Morgan fingerprint density at radius 1 is 1.04 bits per heavy atom. The van der Waals surface area contributed by atoms with Crippen LogP contribution in [0.2, 0.25) is 0 Å². The van der Waals surface area contributed by atoms with Crippen molar-refractivity contribution >= 4 is 5.65 Å². The highest BCUT2D eigenvalue weighted by Gasteiger charge is 2.16. The molecule has 1 unspecified atom stereocenters. The highest BCUT2D eigenvalue weighted by Crippen LogP contribution is 2.30. The van der Waals surface area contributed by atoms with E-state index in [1.807, 2.05) is 61.5 Å². The molecule has 4 rings (SSSR count). The van der Waals surface area contributed by atoms with Gasteiger partial charge in [-0.2, -0.15) is 0 Å². The minimum atomic E-state index is -0.419. The number of H-pyrrole nitrogens is 1. The highest BCUT2D eigenvalue weighted by atomic mass is 16.5. The molecule has 0 saturated heterocycles. The van der Waals surface area contributed by atoms with Gasteiger partial charge in [0.15, 0.2) is 17.1 Å². The smallest absolute Gasteiger partial charge is 0.273 e. The average molecular weight is 361 g/mol. The first-order valence-electron chi connectivity index (χ1n) is 8.63. The molecule has 2 aromatic carbocycles. The van der Waals surface area contributed by atoms with Crippen molar-refractivity contribution in [1.29, 1.82) is 0 Å². The molecule has 4 aromatic rings. The molecule has 136 valence electrons. The zero-order valence-electron chi connectivity index (χ0n) is 15.0. The number of ether oxygens (including phenoxy) is 2. The predicted molar refractivity (Wildman–Crippen MR) is 103 cm³/mol. The van der Waals surface area contributed by atoms with Crippen LogP contribution in [-0.2, 0) is 0 Å². The van der Waals surface area contributed by atoms with E-state index in [1.54, 1.807) is 13.3 Å². The van der Waals surface area contributed by atoms with Crippen molar-refractivity contribution < 1.29 is 9.47 Å². The van der Waals surface area contributed by atoms with Crippen LogP contribution in [0.5, 0.6) is 11.5 Å². The van der Waals surface area contributed by atoms with E-state index in [-0.39, 0.29) is 5.56 Å². The summed E-state index contributed by atoms with van der Waals surface area (Å²) in [5.74, 6) is 1.24. The molecule has 6 heteroatoms. The van der Waals surface area contributed by atoms with E-state index in [2.05, 4.69) is 10.1 Å². The molecule has 0 fully saturated rings. The van der Waals surface area contributed by atoms with Crippen molar-refractivity contribution in [1.82, 2.24) is 14.6 Å². The van der Waals surface area contributed by atoms with Crippen molar-refractivity contribution in [2.45, 2.75) is 13.0 Å². The maximum atomic E-state index is 12.5. The van der Waals surface area contributed by atoms with Gasteiger partial charge < -0.3 is 9.47 Å². The third-order valence-corrected chi connectivity index (χ3v) is 4.39. The van der Waals surface area contributed by atoms with Crippen LogP contribution >= 0.6 is 0 Å². The number of aromatic amines is 1. The predicted octanol–water partition coefficient (Wildman–Crippen LogP) is 3.84. The molecule has 2 heterocycles. The number of nitrogens with one attached hydrogen (secondary N) is 1. The zero-order chi connectivity index (χ0) is 18.8. The van der Waals surface area contributed by atoms with Crippen LogP contribution in [0.15, 0.2) is 71.7 Å². The number of hydrogen-bond acceptors (Lipinski definition) is 4. The average Bonchev–Trinajstić information content (AvgIpc) is 3.13. The second-order valence-electron chi connectivity index (χ2n) is 6.14. The van der Waals surface area contributed by atoms with E-state index in [4.69, 9.17) is 9.47 Å². The van der Waals surface area contributed by atoms with E-state index in [1.165, 1.54) is 10.6 Å². The molecule has 0 saturated carbocycles. The first kappa shape index (κ1) is 16.9. The fourth-order valence-electron chi connectivity index (χ4n) is 3.00. The Balaban J connectivity index is 1.75. The fourth-order valence-corrected chi connectivity index (χ4v) is 3.00. The molecule has 1 N–H and O–H groups in total. The lowest BCUT2D eigenvalue weighted by atomic mass is 10.1. The van der Waals surface area contributed by atoms with Gasteiger partial charge >= 0.3 is 0 Å². The van der Waals surface area contributed by atoms with Crippen LogP contribution in [0, 0.1) is 0 Å². The third kappa shape index (κ3) is 3.17. The Morgan fingerprint density at radius 2 is 1.74 bits per heavy atom. The van der Waals surface area contributed by atoms with Gasteiger partial charge in [-0.3, -0.25) is 9.89 Å². The van der Waals surface area contributed by atoms with E-state index in [0.717, 1.165) is 11.1 Å². The molecular weight excluding hydrogens is 342 g/mol. The number of para-hydroxylation sites is 2. The molecule has 0 radical (unpaired) electrons. The van der Waals surface area contributed by atoms with E-state index in [0.29, 0.717) is 22.8 Å². The minimum absolute atomic E-state index is 0.187. The Bertz CT molecular complexity index is 1130. The van der Waals surface area contributed by atoms with Crippen LogP contribution < -0.4 is 15.0 Å². The number of methoxy groups -OCH3 is 1. The van der Waals surface area contributed by atoms with Crippen molar-refractivity contribution in [2.24, 2.45) is 0 Å². The number of hydrogen-bond donors (Lipinski definition) is 1. The van der Waals surface area contributed by atoms with Crippen LogP contribution in [-0.4, -0.2) is 21.7 Å². The lowest BCUT2D eigenvalue weighted by Crippen LogP contribution is -2.18. The Kier molecular flexibility index (Phi) is 4.38. The quantitative estimate of drug-likeness (QED) is 0.586. The molecule has 1 atom stereocenters. The summed E-state index contributed by atoms with van der Waals surface area (Å²) in [6.45, 7) is 1.86. The van der Waals surface area contributed by atoms with Crippen molar-refractivity contribution in [3.05, 3.63) is 82.9 Å². The van der Waals surface area contributed by atoms with Crippen LogP contribution in [0.1, 0.15) is 18.7 Å². The summed E-state index contributed by atoms with van der Waals surface area (Å²) < 4.78 is 12.8. The van der Waals surface area contributed by atoms with Crippen molar-refractivity contribution in [3.8, 4) is 22.6 Å². The molecule has 0 aliphatic heterocycles. The number of aromatic nitrogens is 3. The molecule has 0 amide bonds. The summed E-state index contributed by atoms with van der Waals surface area (Å²) >= 11 is 0. The second kappa shape index (κ2) is 6.99. The van der Waals surface area contributed by atoms with Gasteiger partial charge in [-0.1, -0.05) is 42.5 Å². The first-order chi connectivity index (χ1) is 13.2. The van der Waals surface area contributed by atoms with Crippen LogP contribution in [0.3, 0.4) is 0 Å². The van der Waals surface area contributed by atoms with Gasteiger partial charge in [0.1, 0.15) is 6.10 Å². The van der Waals surface area contributed by atoms with E-state index < -0.39 is 6.10 Å². The molecule has 6 nitrogen and oxygen atoms in total. The van der Waals surface area contributed by atoms with E-state index >= 15 is 0 Å². The zero-order valence-corrected chi connectivity index (χ0v) is 15.0. The Morgan fingerprint density at radius 3 is 2.48 bits per heavy atom. The summed E-state index contributed by atoms with van der Waals surface area (Å²) in [7, 11) is 1.59. The van der Waals surface area contributed by atoms with Crippen LogP contribution in [0.25, 0.3) is 16.8 Å². The van der Waals surface area contributed by atoms with Gasteiger partial charge in [0.05, 0.1) is 12.8 Å². The second-order valence-corrected chi connectivity index (χ2v) is 6.14. The van der Waals surface area contributed by atoms with Crippen molar-refractivity contribution in [3.63, 3.8) is 0 Å². The molecule has 0 bridgehead atoms. The molecule has 0 aliphatic carbocycles. The summed E-state index contributed by atoms with van der Waals surface area (Å²) in [6.07, 6.45) is 1.37. The van der Waals surface area contributed by atoms with Gasteiger partial charge in [0, 0.05) is 17.8 Å². The third-order valence-electron chi connectivity index (χ3n) is 4.39. The van der Waals surface area contributed by atoms with Gasteiger partial charge in [0.2, 0.25) is 0 Å². The maximum Gasteiger partial charge on any atom is 0.273 e. The molecule has 0 spiro atoms. The Labute approximate surface area is 156 Å². The SMILES string of the molecule is COc1ccccc1OC(C)c1cc(=O)n2[nH]cc(-c3ccccc3)c2n1. The Hall–Kier alpha value is -3.54. The standard InChI is InChI=1S/C21H19N3O3/c1-14(27-19-11-7-6-10-18(19)26-2)17-12-20(25)24-21(23-17)16(13-22-24)15-8-4-3-5-9-15/h3-14,22H,1-2H3. The summed E-state index contributed by atoms with van der Waals surface area (Å²) in [5.41, 5.74) is 2.78. The minimum Gasteiger partial charge on any atom is -0.493 e. The lowest BCUT2D eigenvalue weighted by Gasteiger charge is -2.16. The largest absolute Gasteiger partial charge is 0.493 e.